The van der Waals surface area contributed by atoms with Crippen molar-refractivity contribution in [3.8, 4) is 17.2 Å². The molecule has 152 valence electrons. The first-order valence-corrected chi connectivity index (χ1v) is 11.1. The van der Waals surface area contributed by atoms with Crippen molar-refractivity contribution in [2.45, 2.75) is 104 Å². The normalized spacial score (nSPS) is 19.2. The number of phenols is 3. The molecule has 27 heavy (non-hydrogen) atoms. The summed E-state index contributed by atoms with van der Waals surface area (Å²) in [5.74, 6) is -0.658. The molecular weight excluding hydrogens is 336 g/mol. The van der Waals surface area contributed by atoms with Crippen LogP contribution in [0.4, 0.5) is 0 Å². The Morgan fingerprint density at radius 2 is 1.48 bits per heavy atom. The van der Waals surface area contributed by atoms with Gasteiger partial charge in [-0.25, -0.2) is 0 Å². The summed E-state index contributed by atoms with van der Waals surface area (Å²) in [5.41, 5.74) is 3.09. The highest BCUT2D eigenvalue weighted by atomic mass is 16.3. The zero-order valence-electron chi connectivity index (χ0n) is 17.3. The number of benzene rings is 1. The Kier molecular flexibility index (Phi) is 6.28. The summed E-state index contributed by atoms with van der Waals surface area (Å²) in [6.45, 7) is 4.67. The van der Waals surface area contributed by atoms with Gasteiger partial charge in [0.15, 0.2) is 11.5 Å². The molecule has 0 bridgehead atoms. The van der Waals surface area contributed by atoms with Crippen molar-refractivity contribution < 1.29 is 15.3 Å². The third-order valence-electron chi connectivity index (χ3n) is 7.37. The number of phenolic OH excluding ortho intramolecular Hbond substituents is 3. The number of aromatic hydroxyl groups is 3. The summed E-state index contributed by atoms with van der Waals surface area (Å²) in [6.07, 6.45) is 16.8. The molecule has 2 aliphatic rings. The Morgan fingerprint density at radius 1 is 0.815 bits per heavy atom. The van der Waals surface area contributed by atoms with E-state index in [1.54, 1.807) is 6.07 Å². The van der Waals surface area contributed by atoms with Crippen LogP contribution in [-0.2, 0) is 12.8 Å². The number of rotatable bonds is 12. The highest BCUT2D eigenvalue weighted by Gasteiger charge is 2.39. The SMILES string of the molecule is CCC1(CCCCc2c(CCCCCC3(C)CC3)cc(O)c(O)c2O)CC1. The number of aryl methyl sites for hydroxylation is 1. The second-order valence-electron chi connectivity index (χ2n) is 9.66. The van der Waals surface area contributed by atoms with Gasteiger partial charge >= 0.3 is 0 Å². The van der Waals surface area contributed by atoms with Crippen LogP contribution < -0.4 is 0 Å². The fraction of sp³-hybridized carbons (Fsp3) is 0.750. The molecule has 1 aromatic carbocycles. The Morgan fingerprint density at radius 3 is 2.11 bits per heavy atom. The first-order chi connectivity index (χ1) is 12.9. The van der Waals surface area contributed by atoms with E-state index in [9.17, 15) is 15.3 Å². The van der Waals surface area contributed by atoms with Gasteiger partial charge in [-0.3, -0.25) is 0 Å². The summed E-state index contributed by atoms with van der Waals surface area (Å²) in [5, 5.41) is 30.3. The van der Waals surface area contributed by atoms with E-state index in [1.807, 2.05) is 0 Å². The molecule has 0 atom stereocenters. The highest BCUT2D eigenvalue weighted by Crippen LogP contribution is 2.52. The Hall–Kier alpha value is -1.38. The van der Waals surface area contributed by atoms with E-state index in [4.69, 9.17) is 0 Å². The lowest BCUT2D eigenvalue weighted by atomic mass is 9.92. The van der Waals surface area contributed by atoms with Gasteiger partial charge in [0.25, 0.3) is 0 Å². The van der Waals surface area contributed by atoms with Crippen LogP contribution >= 0.6 is 0 Å². The van der Waals surface area contributed by atoms with E-state index >= 15 is 0 Å². The number of hydrogen-bond acceptors (Lipinski definition) is 3. The molecule has 0 saturated heterocycles. The van der Waals surface area contributed by atoms with Gasteiger partial charge in [-0.15, -0.1) is 0 Å². The summed E-state index contributed by atoms with van der Waals surface area (Å²) in [4.78, 5) is 0. The molecular formula is C24H38O3. The van der Waals surface area contributed by atoms with Crippen LogP contribution in [0.2, 0.25) is 0 Å². The summed E-state index contributed by atoms with van der Waals surface area (Å²) in [6, 6.07) is 1.67. The number of unbranched alkanes of at least 4 members (excludes halogenated alkanes) is 3. The van der Waals surface area contributed by atoms with Crippen molar-refractivity contribution in [3.05, 3.63) is 17.2 Å². The summed E-state index contributed by atoms with van der Waals surface area (Å²) >= 11 is 0. The Bertz CT molecular complexity index is 642. The third kappa shape index (κ3) is 5.33. The lowest BCUT2D eigenvalue weighted by Gasteiger charge is -2.16. The molecule has 0 amide bonds. The fourth-order valence-electron chi connectivity index (χ4n) is 4.51. The largest absolute Gasteiger partial charge is 0.504 e. The minimum absolute atomic E-state index is 0.105. The summed E-state index contributed by atoms with van der Waals surface area (Å²) < 4.78 is 0. The summed E-state index contributed by atoms with van der Waals surface area (Å²) in [7, 11) is 0. The molecule has 3 heteroatoms. The van der Waals surface area contributed by atoms with Crippen LogP contribution in [0, 0.1) is 10.8 Å². The van der Waals surface area contributed by atoms with E-state index in [2.05, 4.69) is 13.8 Å². The standard InChI is InChI=1S/C24H38O3/c1-3-24(15-16-24)12-8-6-10-19-18(17-20(25)22(27)21(19)26)9-5-4-7-11-23(2)13-14-23/h17,25-27H,3-16H2,1-2H3. The predicted molar refractivity (Wildman–Crippen MR) is 110 cm³/mol. The van der Waals surface area contributed by atoms with Gasteiger partial charge in [0.1, 0.15) is 0 Å². The zero-order chi connectivity index (χ0) is 19.5. The Labute approximate surface area is 164 Å². The second-order valence-corrected chi connectivity index (χ2v) is 9.66. The molecule has 1 aromatic rings. The van der Waals surface area contributed by atoms with Gasteiger partial charge in [0.05, 0.1) is 0 Å². The molecule has 0 aromatic heterocycles. The van der Waals surface area contributed by atoms with Gasteiger partial charge in [-0.2, -0.15) is 0 Å². The minimum atomic E-state index is -0.359. The van der Waals surface area contributed by atoms with Gasteiger partial charge in [0, 0.05) is 5.56 Å². The van der Waals surface area contributed by atoms with E-state index in [-0.39, 0.29) is 17.2 Å². The van der Waals surface area contributed by atoms with Crippen LogP contribution in [0.25, 0.3) is 0 Å². The van der Waals surface area contributed by atoms with E-state index in [0.717, 1.165) is 36.8 Å². The monoisotopic (exact) mass is 374 g/mol. The molecule has 2 aliphatic carbocycles. The second kappa shape index (κ2) is 8.32. The van der Waals surface area contributed by atoms with Crippen molar-refractivity contribution in [1.82, 2.24) is 0 Å². The molecule has 0 heterocycles. The van der Waals surface area contributed by atoms with E-state index < -0.39 is 0 Å². The first-order valence-electron chi connectivity index (χ1n) is 11.1. The van der Waals surface area contributed by atoms with Crippen LogP contribution in [0.3, 0.4) is 0 Å². The van der Waals surface area contributed by atoms with Crippen LogP contribution in [0.5, 0.6) is 17.2 Å². The maximum Gasteiger partial charge on any atom is 0.200 e. The molecule has 0 aliphatic heterocycles. The molecule has 3 N–H and O–H groups in total. The first kappa shape index (κ1) is 20.4. The smallest absolute Gasteiger partial charge is 0.200 e. The van der Waals surface area contributed by atoms with Crippen molar-refractivity contribution in [2.75, 3.05) is 0 Å². The quantitative estimate of drug-likeness (QED) is 0.285. The van der Waals surface area contributed by atoms with E-state index in [0.29, 0.717) is 10.8 Å². The molecule has 0 unspecified atom stereocenters. The van der Waals surface area contributed by atoms with Gasteiger partial charge in [-0.1, -0.05) is 39.5 Å². The lowest BCUT2D eigenvalue weighted by molar-refractivity contribution is 0.362. The van der Waals surface area contributed by atoms with Crippen molar-refractivity contribution >= 4 is 0 Å². The van der Waals surface area contributed by atoms with Crippen molar-refractivity contribution in [1.29, 1.82) is 0 Å². The molecule has 0 radical (unpaired) electrons. The molecule has 0 spiro atoms. The molecule has 2 fully saturated rings. The lowest BCUT2D eigenvalue weighted by Crippen LogP contribution is -2.00. The average Bonchev–Trinajstić information content (AvgIpc) is 3.57. The molecule has 3 rings (SSSR count). The maximum atomic E-state index is 10.4. The zero-order valence-corrected chi connectivity index (χ0v) is 17.3. The average molecular weight is 375 g/mol. The fourth-order valence-corrected chi connectivity index (χ4v) is 4.51. The van der Waals surface area contributed by atoms with Gasteiger partial charge in [-0.05, 0) is 86.7 Å². The van der Waals surface area contributed by atoms with Crippen LogP contribution in [0.15, 0.2) is 6.07 Å². The maximum absolute atomic E-state index is 10.4. The highest BCUT2D eigenvalue weighted by molar-refractivity contribution is 5.57. The van der Waals surface area contributed by atoms with Gasteiger partial charge < -0.3 is 15.3 Å². The van der Waals surface area contributed by atoms with Crippen molar-refractivity contribution in [3.63, 3.8) is 0 Å². The van der Waals surface area contributed by atoms with Gasteiger partial charge in [0.2, 0.25) is 5.75 Å². The van der Waals surface area contributed by atoms with E-state index in [1.165, 1.54) is 64.2 Å². The molecule has 2 saturated carbocycles. The molecule has 3 nitrogen and oxygen atoms in total. The number of hydrogen-bond donors (Lipinski definition) is 3. The van der Waals surface area contributed by atoms with Crippen molar-refractivity contribution in [2.24, 2.45) is 10.8 Å². The third-order valence-corrected chi connectivity index (χ3v) is 7.37. The minimum Gasteiger partial charge on any atom is -0.504 e. The Balaban J connectivity index is 1.51. The van der Waals surface area contributed by atoms with Crippen LogP contribution in [0.1, 0.15) is 102 Å². The van der Waals surface area contributed by atoms with Crippen LogP contribution in [-0.4, -0.2) is 15.3 Å². The predicted octanol–water partition coefficient (Wildman–Crippen LogP) is 6.61. The topological polar surface area (TPSA) is 60.7 Å².